The molecule has 0 atom stereocenters. The third-order valence-corrected chi connectivity index (χ3v) is 2.79. The van der Waals surface area contributed by atoms with Gasteiger partial charge < -0.3 is 4.74 Å². The van der Waals surface area contributed by atoms with Crippen LogP contribution in [0.2, 0.25) is 5.15 Å². The molecule has 0 spiro atoms. The van der Waals surface area contributed by atoms with Gasteiger partial charge in [-0.2, -0.15) is 0 Å². The molecule has 2 heterocycles. The maximum Gasteiger partial charge on any atom is 0.158 e. The first-order valence-corrected chi connectivity index (χ1v) is 6.76. The largest absolute Gasteiger partial charge is 0.374 e. The fourth-order valence-electron chi connectivity index (χ4n) is 1.78. The number of hydrogen-bond acceptors (Lipinski definition) is 4. The molecule has 6 heteroatoms. The molecule has 0 aliphatic carbocycles. The number of nitrogens with zero attached hydrogens (tertiary/aromatic N) is 4. The van der Waals surface area contributed by atoms with E-state index in [4.69, 9.17) is 16.3 Å². The molecule has 19 heavy (non-hydrogen) atoms. The lowest BCUT2D eigenvalue weighted by atomic mass is 10.3. The minimum absolute atomic E-state index is 0.363. The van der Waals surface area contributed by atoms with Crippen molar-refractivity contribution in [3.05, 3.63) is 35.3 Å². The van der Waals surface area contributed by atoms with Gasteiger partial charge in [-0.05, 0) is 13.3 Å². The Morgan fingerprint density at radius 1 is 1.32 bits per heavy atom. The van der Waals surface area contributed by atoms with Crippen LogP contribution in [0.4, 0.5) is 0 Å². The highest BCUT2D eigenvalue weighted by molar-refractivity contribution is 6.29. The van der Waals surface area contributed by atoms with Crippen molar-refractivity contribution < 1.29 is 4.74 Å². The van der Waals surface area contributed by atoms with Crippen LogP contribution in [0, 0.1) is 0 Å². The molecule has 2 rings (SSSR count). The van der Waals surface area contributed by atoms with Gasteiger partial charge in [0.25, 0.3) is 0 Å². The van der Waals surface area contributed by atoms with Gasteiger partial charge in [0.05, 0.1) is 0 Å². The van der Waals surface area contributed by atoms with E-state index in [1.165, 1.54) is 0 Å². The van der Waals surface area contributed by atoms with Crippen LogP contribution in [0.5, 0.6) is 0 Å². The fourth-order valence-corrected chi connectivity index (χ4v) is 1.98. The summed E-state index contributed by atoms with van der Waals surface area (Å²) in [6, 6.07) is 1.73. The Morgan fingerprint density at radius 2 is 2.16 bits per heavy atom. The molecule has 2 aromatic heterocycles. The second-order valence-electron chi connectivity index (χ2n) is 4.07. The molecule has 2 aromatic rings. The molecule has 0 amide bonds. The highest BCUT2D eigenvalue weighted by Crippen LogP contribution is 2.14. The molecule has 102 valence electrons. The summed E-state index contributed by atoms with van der Waals surface area (Å²) in [5.74, 6) is 2.29. The molecular formula is C13H17ClN4O. The molecule has 0 unspecified atom stereocenters. The van der Waals surface area contributed by atoms with Gasteiger partial charge in [0.2, 0.25) is 0 Å². The first-order valence-electron chi connectivity index (χ1n) is 6.38. The van der Waals surface area contributed by atoms with E-state index in [2.05, 4.69) is 21.9 Å². The van der Waals surface area contributed by atoms with E-state index in [1.807, 2.05) is 17.7 Å². The predicted molar refractivity (Wildman–Crippen MR) is 73.5 cm³/mol. The highest BCUT2D eigenvalue weighted by Gasteiger charge is 2.09. The van der Waals surface area contributed by atoms with Crippen molar-refractivity contribution >= 4 is 11.6 Å². The van der Waals surface area contributed by atoms with Crippen molar-refractivity contribution in [3.8, 4) is 5.82 Å². The molecular weight excluding hydrogens is 264 g/mol. The Bertz CT molecular complexity index is 541. The van der Waals surface area contributed by atoms with Crippen LogP contribution in [0.1, 0.15) is 31.9 Å². The average molecular weight is 281 g/mol. The third kappa shape index (κ3) is 3.52. The van der Waals surface area contributed by atoms with E-state index in [0.29, 0.717) is 24.2 Å². The van der Waals surface area contributed by atoms with Crippen molar-refractivity contribution in [2.75, 3.05) is 6.61 Å². The van der Waals surface area contributed by atoms with Crippen molar-refractivity contribution in [3.63, 3.8) is 0 Å². The van der Waals surface area contributed by atoms with Crippen LogP contribution in [-0.4, -0.2) is 26.1 Å². The first kappa shape index (κ1) is 14.0. The van der Waals surface area contributed by atoms with E-state index >= 15 is 0 Å². The lowest BCUT2D eigenvalue weighted by molar-refractivity contribution is 0.128. The Balaban J connectivity index is 2.32. The number of halogens is 1. The summed E-state index contributed by atoms with van der Waals surface area (Å²) in [5, 5.41) is 0.413. The normalized spacial score (nSPS) is 10.9. The zero-order valence-corrected chi connectivity index (χ0v) is 11.9. The van der Waals surface area contributed by atoms with Crippen LogP contribution < -0.4 is 0 Å². The fraction of sp³-hybridized carbons (Fsp3) is 0.462. The number of imidazole rings is 1. The zero-order valence-electron chi connectivity index (χ0n) is 11.1. The second-order valence-corrected chi connectivity index (χ2v) is 4.45. The third-order valence-electron chi connectivity index (χ3n) is 2.60. The summed E-state index contributed by atoms with van der Waals surface area (Å²) >= 11 is 6.03. The Hall–Kier alpha value is -1.46. The summed E-state index contributed by atoms with van der Waals surface area (Å²) in [6.45, 7) is 5.03. The summed E-state index contributed by atoms with van der Waals surface area (Å²) in [4.78, 5) is 12.9. The predicted octanol–water partition coefficient (Wildman–Crippen LogP) is 2.80. The van der Waals surface area contributed by atoms with E-state index < -0.39 is 0 Å². The van der Waals surface area contributed by atoms with Gasteiger partial charge in [-0.15, -0.1) is 0 Å². The molecule has 0 aliphatic rings. The number of rotatable bonds is 6. The number of aromatic nitrogens is 4. The van der Waals surface area contributed by atoms with Gasteiger partial charge in [-0.1, -0.05) is 18.5 Å². The molecule has 0 radical (unpaired) electrons. The topological polar surface area (TPSA) is 52.8 Å². The lowest BCUT2D eigenvalue weighted by Gasteiger charge is -2.08. The second kappa shape index (κ2) is 6.63. The van der Waals surface area contributed by atoms with Gasteiger partial charge in [-0.25, -0.2) is 15.0 Å². The maximum atomic E-state index is 6.03. The molecule has 0 aliphatic heterocycles. The van der Waals surface area contributed by atoms with E-state index in [1.54, 1.807) is 12.3 Å². The summed E-state index contributed by atoms with van der Waals surface area (Å²) in [7, 11) is 0. The highest BCUT2D eigenvalue weighted by atomic mass is 35.5. The van der Waals surface area contributed by atoms with E-state index in [0.717, 1.165) is 24.5 Å². The molecule has 0 saturated carbocycles. The van der Waals surface area contributed by atoms with Crippen LogP contribution in [-0.2, 0) is 17.8 Å². The van der Waals surface area contributed by atoms with Gasteiger partial charge in [0.15, 0.2) is 5.82 Å². The molecule has 0 saturated heterocycles. The summed E-state index contributed by atoms with van der Waals surface area (Å²) in [6.07, 6.45) is 5.58. The van der Waals surface area contributed by atoms with Crippen LogP contribution in [0.15, 0.2) is 18.5 Å². The van der Waals surface area contributed by atoms with Gasteiger partial charge in [-0.3, -0.25) is 4.57 Å². The number of aryl methyl sites for hydroxylation is 1. The summed E-state index contributed by atoms with van der Waals surface area (Å²) in [5.41, 5.74) is 0. The van der Waals surface area contributed by atoms with Crippen LogP contribution in [0.3, 0.4) is 0 Å². The number of hydrogen-bond donors (Lipinski definition) is 0. The molecule has 0 bridgehead atoms. The molecule has 5 nitrogen and oxygen atoms in total. The average Bonchev–Trinajstić information content (AvgIpc) is 2.84. The Morgan fingerprint density at radius 3 is 2.89 bits per heavy atom. The van der Waals surface area contributed by atoms with Crippen LogP contribution >= 0.6 is 11.6 Å². The van der Waals surface area contributed by atoms with E-state index in [9.17, 15) is 0 Å². The lowest BCUT2D eigenvalue weighted by Crippen LogP contribution is -2.07. The van der Waals surface area contributed by atoms with Crippen molar-refractivity contribution in [1.82, 2.24) is 19.5 Å². The number of ether oxygens (including phenoxy) is 1. The van der Waals surface area contributed by atoms with Crippen molar-refractivity contribution in [2.24, 2.45) is 0 Å². The monoisotopic (exact) mass is 280 g/mol. The molecule has 0 N–H and O–H groups in total. The minimum atomic E-state index is 0.363. The molecule has 0 aromatic carbocycles. The quantitative estimate of drug-likeness (QED) is 0.764. The van der Waals surface area contributed by atoms with E-state index in [-0.39, 0.29) is 0 Å². The minimum Gasteiger partial charge on any atom is -0.374 e. The Kier molecular flexibility index (Phi) is 4.87. The van der Waals surface area contributed by atoms with Crippen molar-refractivity contribution in [2.45, 2.75) is 33.3 Å². The zero-order chi connectivity index (χ0) is 13.7. The first-order chi connectivity index (χ1) is 9.24. The SMILES string of the molecule is CCCc1nccn1-c1cc(Cl)nc(COCC)n1. The van der Waals surface area contributed by atoms with Crippen LogP contribution in [0.25, 0.3) is 5.82 Å². The smallest absolute Gasteiger partial charge is 0.158 e. The van der Waals surface area contributed by atoms with Crippen molar-refractivity contribution in [1.29, 1.82) is 0 Å². The summed E-state index contributed by atoms with van der Waals surface area (Å²) < 4.78 is 7.25. The standard InChI is InChI=1S/C13H17ClN4O/c1-3-5-12-15-6-7-18(12)13-8-10(14)16-11(17-13)9-19-4-2/h6-8H,3-5,9H2,1-2H3. The Labute approximate surface area is 117 Å². The maximum absolute atomic E-state index is 6.03. The van der Waals surface area contributed by atoms with Gasteiger partial charge in [0, 0.05) is 31.5 Å². The van der Waals surface area contributed by atoms with Gasteiger partial charge in [0.1, 0.15) is 23.4 Å². The van der Waals surface area contributed by atoms with Gasteiger partial charge >= 0.3 is 0 Å². The molecule has 0 fully saturated rings.